The van der Waals surface area contributed by atoms with E-state index in [0.717, 1.165) is 12.7 Å². The molecule has 0 aliphatic heterocycles. The number of hydrogen-bond acceptors (Lipinski definition) is 2. The van der Waals surface area contributed by atoms with Crippen LogP contribution in [0.4, 0.5) is 0 Å². The Hall–Kier alpha value is -0.990. The van der Waals surface area contributed by atoms with Crippen molar-refractivity contribution in [2.24, 2.45) is 11.8 Å². The lowest BCUT2D eigenvalue weighted by Gasteiger charge is -2.19. The SMILES string of the molecule is CC[C@@H](C)C(C)/C(=C\O)C(=O)NC. The van der Waals surface area contributed by atoms with Gasteiger partial charge in [0.05, 0.1) is 11.8 Å². The summed E-state index contributed by atoms with van der Waals surface area (Å²) in [6, 6.07) is 0. The largest absolute Gasteiger partial charge is 0.515 e. The number of aliphatic hydroxyl groups is 1. The van der Waals surface area contributed by atoms with Crippen LogP contribution < -0.4 is 5.32 Å². The van der Waals surface area contributed by atoms with Gasteiger partial charge in [-0.3, -0.25) is 4.79 Å². The van der Waals surface area contributed by atoms with Crippen LogP contribution in [0, 0.1) is 11.8 Å². The zero-order chi connectivity index (χ0) is 10.4. The second-order valence-electron chi connectivity index (χ2n) is 3.34. The molecule has 2 N–H and O–H groups in total. The van der Waals surface area contributed by atoms with E-state index in [4.69, 9.17) is 5.11 Å². The molecule has 0 saturated carbocycles. The molecule has 0 aromatic heterocycles. The molecule has 3 nitrogen and oxygen atoms in total. The Balaban J connectivity index is 4.51. The normalized spacial score (nSPS) is 16.5. The summed E-state index contributed by atoms with van der Waals surface area (Å²) in [4.78, 5) is 11.3. The van der Waals surface area contributed by atoms with Crippen molar-refractivity contribution < 1.29 is 9.90 Å². The van der Waals surface area contributed by atoms with Crippen LogP contribution in [0.25, 0.3) is 0 Å². The number of carbonyl (C=O) groups is 1. The maximum absolute atomic E-state index is 11.3. The lowest BCUT2D eigenvalue weighted by molar-refractivity contribution is -0.117. The first-order valence-corrected chi connectivity index (χ1v) is 4.64. The highest BCUT2D eigenvalue weighted by Gasteiger charge is 2.20. The van der Waals surface area contributed by atoms with Crippen molar-refractivity contribution in [2.75, 3.05) is 7.05 Å². The zero-order valence-corrected chi connectivity index (χ0v) is 8.79. The van der Waals surface area contributed by atoms with Crippen molar-refractivity contribution in [3.8, 4) is 0 Å². The summed E-state index contributed by atoms with van der Waals surface area (Å²) in [5.74, 6) is 0.293. The topological polar surface area (TPSA) is 49.3 Å². The highest BCUT2D eigenvalue weighted by atomic mass is 16.2. The second kappa shape index (κ2) is 5.62. The van der Waals surface area contributed by atoms with Gasteiger partial charge in [0.25, 0.3) is 0 Å². The van der Waals surface area contributed by atoms with Crippen molar-refractivity contribution in [3.63, 3.8) is 0 Å². The lowest BCUT2D eigenvalue weighted by Crippen LogP contribution is -2.26. The van der Waals surface area contributed by atoms with Gasteiger partial charge in [0.15, 0.2) is 0 Å². The summed E-state index contributed by atoms with van der Waals surface area (Å²) in [6.07, 6.45) is 1.91. The Morgan fingerprint density at radius 2 is 2.08 bits per heavy atom. The third-order valence-electron chi connectivity index (χ3n) is 2.62. The van der Waals surface area contributed by atoms with Gasteiger partial charge in [-0.25, -0.2) is 0 Å². The Morgan fingerprint density at radius 1 is 1.54 bits per heavy atom. The first-order chi connectivity index (χ1) is 6.08. The molecule has 0 bridgehead atoms. The van der Waals surface area contributed by atoms with E-state index in [2.05, 4.69) is 19.2 Å². The van der Waals surface area contributed by atoms with E-state index in [9.17, 15) is 4.79 Å². The van der Waals surface area contributed by atoms with Crippen LogP contribution in [0.15, 0.2) is 11.8 Å². The molecule has 13 heavy (non-hydrogen) atoms. The number of nitrogens with one attached hydrogen (secondary N) is 1. The maximum atomic E-state index is 11.3. The summed E-state index contributed by atoms with van der Waals surface area (Å²) in [5.41, 5.74) is 0.455. The molecule has 0 spiro atoms. The van der Waals surface area contributed by atoms with Gasteiger partial charge in [-0.15, -0.1) is 0 Å². The molecule has 2 atom stereocenters. The second-order valence-corrected chi connectivity index (χ2v) is 3.34. The Bertz CT molecular complexity index is 199. The van der Waals surface area contributed by atoms with Crippen molar-refractivity contribution in [1.82, 2.24) is 5.32 Å². The fourth-order valence-corrected chi connectivity index (χ4v) is 1.19. The van der Waals surface area contributed by atoms with Gasteiger partial charge in [-0.1, -0.05) is 27.2 Å². The van der Waals surface area contributed by atoms with Gasteiger partial charge < -0.3 is 10.4 Å². The van der Waals surface area contributed by atoms with Crippen LogP contribution in [0.5, 0.6) is 0 Å². The van der Waals surface area contributed by atoms with Gasteiger partial charge >= 0.3 is 0 Å². The summed E-state index contributed by atoms with van der Waals surface area (Å²) in [7, 11) is 1.56. The van der Waals surface area contributed by atoms with Crippen molar-refractivity contribution in [3.05, 3.63) is 11.8 Å². The minimum atomic E-state index is -0.199. The van der Waals surface area contributed by atoms with Gasteiger partial charge in [0.1, 0.15) is 0 Å². The van der Waals surface area contributed by atoms with E-state index in [0.29, 0.717) is 11.5 Å². The molecule has 0 rings (SSSR count). The van der Waals surface area contributed by atoms with Gasteiger partial charge in [0.2, 0.25) is 5.91 Å². The van der Waals surface area contributed by atoms with E-state index in [1.165, 1.54) is 0 Å². The van der Waals surface area contributed by atoms with Gasteiger partial charge in [-0.2, -0.15) is 0 Å². The smallest absolute Gasteiger partial charge is 0.250 e. The quantitative estimate of drug-likeness (QED) is 0.519. The Kier molecular flexibility index (Phi) is 5.19. The maximum Gasteiger partial charge on any atom is 0.250 e. The average molecular weight is 185 g/mol. The molecule has 76 valence electrons. The number of rotatable bonds is 4. The highest BCUT2D eigenvalue weighted by molar-refractivity contribution is 5.93. The summed E-state index contributed by atoms with van der Waals surface area (Å²) < 4.78 is 0. The number of aliphatic hydroxyl groups excluding tert-OH is 1. The number of amides is 1. The van der Waals surface area contributed by atoms with E-state index < -0.39 is 0 Å². The summed E-state index contributed by atoms with van der Waals surface area (Å²) in [5, 5.41) is 11.4. The van der Waals surface area contributed by atoms with E-state index >= 15 is 0 Å². The minimum Gasteiger partial charge on any atom is -0.515 e. The lowest BCUT2D eigenvalue weighted by atomic mass is 9.87. The fourth-order valence-electron chi connectivity index (χ4n) is 1.19. The molecule has 0 aromatic rings. The number of likely N-dealkylation sites (N-methyl/N-ethyl adjacent to an activating group) is 1. The monoisotopic (exact) mass is 185 g/mol. The van der Waals surface area contributed by atoms with Crippen LogP contribution in [0.1, 0.15) is 27.2 Å². The molecule has 1 amide bonds. The molecule has 0 heterocycles. The van der Waals surface area contributed by atoms with Crippen LogP contribution in [-0.2, 0) is 4.79 Å². The third-order valence-corrected chi connectivity index (χ3v) is 2.62. The highest BCUT2D eigenvalue weighted by Crippen LogP contribution is 2.22. The molecule has 0 radical (unpaired) electrons. The Morgan fingerprint density at radius 3 is 2.38 bits per heavy atom. The van der Waals surface area contributed by atoms with Crippen LogP contribution in [-0.4, -0.2) is 18.1 Å². The van der Waals surface area contributed by atoms with Gasteiger partial charge in [-0.05, 0) is 11.8 Å². The zero-order valence-electron chi connectivity index (χ0n) is 8.79. The average Bonchev–Trinajstić information content (AvgIpc) is 2.17. The summed E-state index contributed by atoms with van der Waals surface area (Å²) in [6.45, 7) is 6.09. The number of hydrogen-bond donors (Lipinski definition) is 2. The molecule has 0 saturated heterocycles. The van der Waals surface area contributed by atoms with Crippen LogP contribution in [0.3, 0.4) is 0 Å². The van der Waals surface area contributed by atoms with Crippen LogP contribution in [0.2, 0.25) is 0 Å². The first-order valence-electron chi connectivity index (χ1n) is 4.64. The van der Waals surface area contributed by atoms with Gasteiger partial charge in [0, 0.05) is 7.05 Å². The van der Waals surface area contributed by atoms with E-state index in [1.54, 1.807) is 7.05 Å². The molecule has 0 aromatic carbocycles. The fraction of sp³-hybridized carbons (Fsp3) is 0.700. The molecule has 3 heteroatoms. The summed E-state index contributed by atoms with van der Waals surface area (Å²) >= 11 is 0. The molecule has 0 fully saturated rings. The molecular formula is C10H19NO2. The Labute approximate surface area is 79.8 Å². The standard InChI is InChI=1S/C10H19NO2/c1-5-7(2)8(3)9(6-12)10(13)11-4/h6-8,12H,5H2,1-4H3,(H,11,13)/b9-6+/t7-,8?/m1/s1. The van der Waals surface area contributed by atoms with Crippen LogP contribution >= 0.6 is 0 Å². The minimum absolute atomic E-state index is 0.0925. The van der Waals surface area contributed by atoms with Crippen molar-refractivity contribution >= 4 is 5.91 Å². The molecule has 1 unspecified atom stereocenters. The first kappa shape index (κ1) is 12.0. The van der Waals surface area contributed by atoms with E-state index in [1.807, 2.05) is 6.92 Å². The molecule has 0 aliphatic carbocycles. The molecule has 0 aliphatic rings. The predicted octanol–water partition coefficient (Wildman–Crippen LogP) is 1.86. The van der Waals surface area contributed by atoms with E-state index in [-0.39, 0.29) is 11.8 Å². The van der Waals surface area contributed by atoms with Crippen molar-refractivity contribution in [1.29, 1.82) is 0 Å². The predicted molar refractivity (Wildman–Crippen MR) is 53.4 cm³/mol. The van der Waals surface area contributed by atoms with Crippen molar-refractivity contribution in [2.45, 2.75) is 27.2 Å². The third kappa shape index (κ3) is 3.09. The molecular weight excluding hydrogens is 166 g/mol. The number of carbonyl (C=O) groups excluding carboxylic acids is 1.